The first kappa shape index (κ1) is 15.6. The fourth-order valence-corrected chi connectivity index (χ4v) is 2.95. The lowest BCUT2D eigenvalue weighted by molar-refractivity contribution is 0.0311. The zero-order chi connectivity index (χ0) is 14.5. The SMILES string of the molecule is CCCNC(c1cc(Cl)ccc1OC)C1CCC(C)O1. The smallest absolute Gasteiger partial charge is 0.123 e. The molecule has 0 bridgehead atoms. The Balaban J connectivity index is 2.27. The first-order valence-corrected chi connectivity index (χ1v) is 7.75. The van der Waals surface area contributed by atoms with Gasteiger partial charge in [-0.25, -0.2) is 0 Å². The summed E-state index contributed by atoms with van der Waals surface area (Å²) < 4.78 is 11.5. The van der Waals surface area contributed by atoms with Gasteiger partial charge in [0.05, 0.1) is 25.4 Å². The molecule has 0 aromatic heterocycles. The van der Waals surface area contributed by atoms with Crippen LogP contribution in [-0.2, 0) is 4.74 Å². The minimum atomic E-state index is 0.133. The van der Waals surface area contributed by atoms with E-state index in [1.807, 2.05) is 18.2 Å². The summed E-state index contributed by atoms with van der Waals surface area (Å²) in [6, 6.07) is 5.91. The van der Waals surface area contributed by atoms with E-state index in [1.54, 1.807) is 7.11 Å². The Kier molecular flexibility index (Phi) is 5.70. The number of benzene rings is 1. The highest BCUT2D eigenvalue weighted by Crippen LogP contribution is 2.35. The number of rotatable bonds is 6. The van der Waals surface area contributed by atoms with E-state index in [0.29, 0.717) is 6.10 Å². The quantitative estimate of drug-likeness (QED) is 0.862. The number of hydrogen-bond acceptors (Lipinski definition) is 3. The summed E-state index contributed by atoms with van der Waals surface area (Å²) in [5.41, 5.74) is 1.09. The summed E-state index contributed by atoms with van der Waals surface area (Å²) >= 11 is 6.16. The molecule has 0 amide bonds. The first-order valence-electron chi connectivity index (χ1n) is 7.38. The molecule has 1 aliphatic rings. The van der Waals surface area contributed by atoms with Crippen LogP contribution in [0.1, 0.15) is 44.7 Å². The highest BCUT2D eigenvalue weighted by molar-refractivity contribution is 6.30. The number of nitrogens with one attached hydrogen (secondary N) is 1. The topological polar surface area (TPSA) is 30.5 Å². The predicted molar refractivity (Wildman–Crippen MR) is 82.6 cm³/mol. The van der Waals surface area contributed by atoms with Crippen LogP contribution in [0.4, 0.5) is 0 Å². The van der Waals surface area contributed by atoms with Gasteiger partial charge in [-0.3, -0.25) is 0 Å². The maximum atomic E-state index is 6.16. The van der Waals surface area contributed by atoms with Crippen molar-refractivity contribution >= 4 is 11.6 Å². The molecule has 4 heteroatoms. The van der Waals surface area contributed by atoms with Crippen LogP contribution < -0.4 is 10.1 Å². The average molecular weight is 298 g/mol. The van der Waals surface area contributed by atoms with Crippen molar-refractivity contribution < 1.29 is 9.47 Å². The van der Waals surface area contributed by atoms with Crippen LogP contribution >= 0.6 is 11.6 Å². The second kappa shape index (κ2) is 7.30. The Morgan fingerprint density at radius 3 is 2.85 bits per heavy atom. The highest BCUT2D eigenvalue weighted by atomic mass is 35.5. The van der Waals surface area contributed by atoms with E-state index < -0.39 is 0 Å². The third-order valence-corrected chi connectivity index (χ3v) is 4.01. The molecule has 1 fully saturated rings. The van der Waals surface area contributed by atoms with Crippen LogP contribution in [0.15, 0.2) is 18.2 Å². The van der Waals surface area contributed by atoms with Crippen molar-refractivity contribution in [2.24, 2.45) is 0 Å². The Morgan fingerprint density at radius 2 is 2.25 bits per heavy atom. The molecule has 20 heavy (non-hydrogen) atoms. The van der Waals surface area contributed by atoms with Gasteiger partial charge in [0.15, 0.2) is 0 Å². The van der Waals surface area contributed by atoms with Gasteiger partial charge in [-0.15, -0.1) is 0 Å². The van der Waals surface area contributed by atoms with Crippen LogP contribution in [0.5, 0.6) is 5.75 Å². The summed E-state index contributed by atoms with van der Waals surface area (Å²) in [6.45, 7) is 5.25. The average Bonchev–Trinajstić information content (AvgIpc) is 2.86. The molecule has 3 atom stereocenters. The number of halogens is 1. The molecule has 1 aliphatic heterocycles. The van der Waals surface area contributed by atoms with E-state index in [4.69, 9.17) is 21.1 Å². The molecule has 0 spiro atoms. The van der Waals surface area contributed by atoms with Crippen molar-refractivity contribution in [1.29, 1.82) is 0 Å². The minimum absolute atomic E-state index is 0.133. The zero-order valence-corrected chi connectivity index (χ0v) is 13.2. The first-order chi connectivity index (χ1) is 9.65. The molecule has 1 saturated heterocycles. The Hall–Kier alpha value is -0.770. The van der Waals surface area contributed by atoms with E-state index in [-0.39, 0.29) is 12.1 Å². The minimum Gasteiger partial charge on any atom is -0.496 e. The lowest BCUT2D eigenvalue weighted by atomic mass is 9.98. The van der Waals surface area contributed by atoms with Gasteiger partial charge in [0.2, 0.25) is 0 Å². The molecule has 0 saturated carbocycles. The summed E-state index contributed by atoms with van der Waals surface area (Å²) in [6.07, 6.45) is 3.78. The predicted octanol–water partition coefficient (Wildman–Crippen LogP) is 3.96. The number of hydrogen-bond donors (Lipinski definition) is 1. The summed E-state index contributed by atoms with van der Waals surface area (Å²) in [5.74, 6) is 0.867. The van der Waals surface area contributed by atoms with E-state index in [0.717, 1.165) is 42.1 Å². The molecule has 3 nitrogen and oxygen atoms in total. The van der Waals surface area contributed by atoms with Crippen LogP contribution in [0.25, 0.3) is 0 Å². The summed E-state index contributed by atoms with van der Waals surface area (Å²) in [7, 11) is 1.70. The Bertz CT molecular complexity index is 438. The molecule has 2 rings (SSSR count). The molecule has 1 aromatic carbocycles. The fourth-order valence-electron chi connectivity index (χ4n) is 2.77. The van der Waals surface area contributed by atoms with Crippen LogP contribution in [0.3, 0.4) is 0 Å². The number of methoxy groups -OCH3 is 1. The zero-order valence-electron chi connectivity index (χ0n) is 12.5. The van der Waals surface area contributed by atoms with Gasteiger partial charge in [0, 0.05) is 10.6 Å². The van der Waals surface area contributed by atoms with Crippen LogP contribution in [0, 0.1) is 0 Å². The maximum Gasteiger partial charge on any atom is 0.123 e. The van der Waals surface area contributed by atoms with Crippen LogP contribution in [0.2, 0.25) is 5.02 Å². The summed E-state index contributed by atoms with van der Waals surface area (Å²) in [4.78, 5) is 0. The third-order valence-electron chi connectivity index (χ3n) is 3.78. The van der Waals surface area contributed by atoms with E-state index in [1.165, 1.54) is 0 Å². The fraction of sp³-hybridized carbons (Fsp3) is 0.625. The van der Waals surface area contributed by atoms with Gasteiger partial charge in [0.25, 0.3) is 0 Å². The third kappa shape index (κ3) is 3.66. The lowest BCUT2D eigenvalue weighted by Crippen LogP contribution is -2.33. The largest absolute Gasteiger partial charge is 0.496 e. The van der Waals surface area contributed by atoms with Gasteiger partial charge >= 0.3 is 0 Å². The standard InChI is InChI=1S/C16H24ClNO2/c1-4-9-18-16(15-7-5-11(2)20-15)13-10-12(17)6-8-14(13)19-3/h6,8,10-11,15-16,18H,4-5,7,9H2,1-3H3. The lowest BCUT2D eigenvalue weighted by Gasteiger charge is -2.27. The summed E-state index contributed by atoms with van der Waals surface area (Å²) in [5, 5.41) is 4.32. The molecule has 1 N–H and O–H groups in total. The van der Waals surface area contributed by atoms with Crippen molar-refractivity contribution in [3.8, 4) is 5.75 Å². The molecule has 3 unspecified atom stereocenters. The second-order valence-corrected chi connectivity index (χ2v) is 5.82. The highest BCUT2D eigenvalue weighted by Gasteiger charge is 2.32. The van der Waals surface area contributed by atoms with E-state index in [9.17, 15) is 0 Å². The van der Waals surface area contributed by atoms with E-state index in [2.05, 4.69) is 19.2 Å². The van der Waals surface area contributed by atoms with Gasteiger partial charge in [-0.2, -0.15) is 0 Å². The monoisotopic (exact) mass is 297 g/mol. The normalized spacial score (nSPS) is 23.8. The molecule has 0 aliphatic carbocycles. The molecular formula is C16H24ClNO2. The van der Waals surface area contributed by atoms with E-state index >= 15 is 0 Å². The molecule has 1 heterocycles. The van der Waals surface area contributed by atoms with Gasteiger partial charge < -0.3 is 14.8 Å². The second-order valence-electron chi connectivity index (χ2n) is 5.38. The Labute approximate surface area is 126 Å². The maximum absolute atomic E-state index is 6.16. The number of ether oxygens (including phenoxy) is 2. The molecule has 1 aromatic rings. The van der Waals surface area contributed by atoms with Crippen molar-refractivity contribution in [2.45, 2.75) is 51.4 Å². The van der Waals surface area contributed by atoms with Crippen molar-refractivity contribution in [3.05, 3.63) is 28.8 Å². The molecule has 112 valence electrons. The Morgan fingerprint density at radius 1 is 1.45 bits per heavy atom. The van der Waals surface area contributed by atoms with Gasteiger partial charge in [-0.1, -0.05) is 18.5 Å². The molecular weight excluding hydrogens is 274 g/mol. The molecule has 0 radical (unpaired) electrons. The van der Waals surface area contributed by atoms with Crippen LogP contribution in [-0.4, -0.2) is 25.9 Å². The van der Waals surface area contributed by atoms with Crippen molar-refractivity contribution in [3.63, 3.8) is 0 Å². The van der Waals surface area contributed by atoms with Gasteiger partial charge in [-0.05, 0) is 50.9 Å². The van der Waals surface area contributed by atoms with Crippen molar-refractivity contribution in [2.75, 3.05) is 13.7 Å². The van der Waals surface area contributed by atoms with Crippen molar-refractivity contribution in [1.82, 2.24) is 5.32 Å². The van der Waals surface area contributed by atoms with Gasteiger partial charge in [0.1, 0.15) is 5.75 Å².